The monoisotopic (exact) mass is 316 g/mol. The molecule has 2 aromatic rings. The van der Waals surface area contributed by atoms with Gasteiger partial charge in [0.05, 0.1) is 0 Å². The molecule has 2 heterocycles. The molecular weight excluding hydrogens is 308 g/mol. The lowest BCUT2D eigenvalue weighted by atomic mass is 10.5. The van der Waals surface area contributed by atoms with Gasteiger partial charge < -0.3 is 4.98 Å². The van der Waals surface area contributed by atoms with E-state index in [4.69, 9.17) is 0 Å². The second-order valence-electron chi connectivity index (χ2n) is 3.17. The highest BCUT2D eigenvalue weighted by atomic mass is 79.9. The summed E-state index contributed by atoms with van der Waals surface area (Å²) >= 11 is 6.70. The van der Waals surface area contributed by atoms with Gasteiger partial charge in [-0.2, -0.15) is 0 Å². The van der Waals surface area contributed by atoms with Gasteiger partial charge in [-0.1, -0.05) is 11.8 Å². The van der Waals surface area contributed by atoms with Gasteiger partial charge in [0, 0.05) is 26.9 Å². The molecule has 6 heteroatoms. The molecule has 1 N–H and O–H groups in total. The molecule has 2 aromatic heterocycles. The molecule has 0 bridgehead atoms. The number of halogens is 1. The van der Waals surface area contributed by atoms with Gasteiger partial charge in [-0.3, -0.25) is 4.79 Å². The molecule has 0 unspecified atom stereocenters. The highest BCUT2D eigenvalue weighted by Gasteiger charge is 2.04. The summed E-state index contributed by atoms with van der Waals surface area (Å²) in [6.45, 7) is 1.82. The van der Waals surface area contributed by atoms with Crippen LogP contribution in [-0.4, -0.2) is 9.97 Å². The number of nitrogens with one attached hydrogen (secondary N) is 1. The molecule has 0 radical (unpaired) electrons. The van der Waals surface area contributed by atoms with E-state index in [1.807, 2.05) is 18.4 Å². The number of nitrogens with zero attached hydrogens (tertiary/aromatic N) is 1. The lowest BCUT2D eigenvalue weighted by molar-refractivity contribution is 0.905. The third kappa shape index (κ3) is 2.96. The second-order valence-corrected chi connectivity index (χ2v) is 5.99. The van der Waals surface area contributed by atoms with Crippen molar-refractivity contribution in [2.24, 2.45) is 0 Å². The first kappa shape index (κ1) is 11.9. The molecule has 0 aromatic carbocycles. The quantitative estimate of drug-likeness (QED) is 0.698. The number of aromatic nitrogens is 2. The molecule has 16 heavy (non-hydrogen) atoms. The number of aromatic amines is 1. The van der Waals surface area contributed by atoms with E-state index in [-0.39, 0.29) is 5.56 Å². The molecule has 0 fully saturated rings. The lowest BCUT2D eigenvalue weighted by Crippen LogP contribution is -2.07. The molecule has 0 amide bonds. The van der Waals surface area contributed by atoms with Gasteiger partial charge in [-0.25, -0.2) is 4.98 Å². The number of thiophene rings is 1. The fraction of sp³-hybridized carbons (Fsp3) is 0.200. The Kier molecular flexibility index (Phi) is 3.83. The number of hydrogen-bond donors (Lipinski definition) is 1. The summed E-state index contributed by atoms with van der Waals surface area (Å²) in [5.41, 5.74) is 0.650. The van der Waals surface area contributed by atoms with E-state index >= 15 is 0 Å². The van der Waals surface area contributed by atoms with Crippen molar-refractivity contribution < 1.29 is 0 Å². The van der Waals surface area contributed by atoms with Crippen molar-refractivity contribution in [2.75, 3.05) is 0 Å². The number of rotatable bonds is 3. The summed E-state index contributed by atoms with van der Waals surface area (Å²) in [5.74, 6) is 0.810. The van der Waals surface area contributed by atoms with Crippen LogP contribution >= 0.6 is 39.0 Å². The van der Waals surface area contributed by atoms with Crippen LogP contribution < -0.4 is 5.56 Å². The molecule has 0 aliphatic rings. The van der Waals surface area contributed by atoms with Crippen LogP contribution in [0.2, 0.25) is 0 Å². The van der Waals surface area contributed by atoms with Crippen molar-refractivity contribution in [3.05, 3.63) is 42.9 Å². The molecule has 84 valence electrons. The van der Waals surface area contributed by atoms with Crippen LogP contribution in [0.25, 0.3) is 0 Å². The van der Waals surface area contributed by atoms with Gasteiger partial charge >= 0.3 is 0 Å². The maximum atomic E-state index is 11.2. The summed E-state index contributed by atoms with van der Waals surface area (Å²) in [6, 6.07) is 3.51. The second kappa shape index (κ2) is 5.16. The Morgan fingerprint density at radius 2 is 2.44 bits per heavy atom. The van der Waals surface area contributed by atoms with E-state index in [1.54, 1.807) is 11.3 Å². The minimum Gasteiger partial charge on any atom is -0.301 e. The zero-order valence-corrected chi connectivity index (χ0v) is 11.7. The zero-order valence-electron chi connectivity index (χ0n) is 8.49. The van der Waals surface area contributed by atoms with Gasteiger partial charge in [0.2, 0.25) is 0 Å². The SMILES string of the molecule is Cc1cc(=O)[nH]c(SCc2sccc2Br)n1. The van der Waals surface area contributed by atoms with E-state index < -0.39 is 0 Å². The van der Waals surface area contributed by atoms with Crippen molar-refractivity contribution in [2.45, 2.75) is 17.8 Å². The van der Waals surface area contributed by atoms with Gasteiger partial charge in [0.1, 0.15) is 0 Å². The predicted molar refractivity (Wildman–Crippen MR) is 71.2 cm³/mol. The predicted octanol–water partition coefficient (Wildman–Crippen LogP) is 3.19. The van der Waals surface area contributed by atoms with Crippen molar-refractivity contribution >= 4 is 39.0 Å². The summed E-state index contributed by atoms with van der Waals surface area (Å²) in [7, 11) is 0. The van der Waals surface area contributed by atoms with Gasteiger partial charge in [-0.15, -0.1) is 11.3 Å². The zero-order chi connectivity index (χ0) is 11.5. The smallest absolute Gasteiger partial charge is 0.251 e. The Bertz CT molecular complexity index is 550. The van der Waals surface area contributed by atoms with Crippen LogP contribution in [0, 0.1) is 6.92 Å². The third-order valence-electron chi connectivity index (χ3n) is 1.88. The molecule has 2 rings (SSSR count). The molecule has 0 saturated heterocycles. The number of hydrogen-bond acceptors (Lipinski definition) is 4. The molecule has 0 aliphatic heterocycles. The van der Waals surface area contributed by atoms with Gasteiger partial charge in [0.15, 0.2) is 5.16 Å². The Morgan fingerprint density at radius 3 is 3.06 bits per heavy atom. The summed E-state index contributed by atoms with van der Waals surface area (Å²) in [5, 5.41) is 2.71. The summed E-state index contributed by atoms with van der Waals surface area (Å²) in [4.78, 5) is 19.4. The van der Waals surface area contributed by atoms with Crippen molar-refractivity contribution in [3.8, 4) is 0 Å². The average Bonchev–Trinajstić information content (AvgIpc) is 2.59. The summed E-state index contributed by atoms with van der Waals surface area (Å²) < 4.78 is 1.11. The van der Waals surface area contributed by atoms with E-state index in [0.29, 0.717) is 5.16 Å². The molecule has 3 nitrogen and oxygen atoms in total. The highest BCUT2D eigenvalue weighted by Crippen LogP contribution is 2.28. The Labute approximate surface area is 109 Å². The Morgan fingerprint density at radius 1 is 1.62 bits per heavy atom. The first-order valence-corrected chi connectivity index (χ1v) is 7.23. The van der Waals surface area contributed by atoms with Crippen LogP contribution in [-0.2, 0) is 5.75 Å². The van der Waals surface area contributed by atoms with E-state index in [0.717, 1.165) is 15.9 Å². The first-order valence-electron chi connectivity index (χ1n) is 4.58. The van der Waals surface area contributed by atoms with Crippen LogP contribution in [0.1, 0.15) is 10.6 Å². The van der Waals surface area contributed by atoms with Crippen LogP contribution in [0.5, 0.6) is 0 Å². The fourth-order valence-electron chi connectivity index (χ4n) is 1.18. The fourth-order valence-corrected chi connectivity index (χ4v) is 3.90. The molecule has 0 saturated carbocycles. The molecule has 0 atom stereocenters. The standard InChI is InChI=1S/C10H9BrN2OS2/c1-6-4-9(14)13-10(12-6)16-5-8-7(11)2-3-15-8/h2-4H,5H2,1H3,(H,12,13,14). The van der Waals surface area contributed by atoms with E-state index in [1.165, 1.54) is 22.7 Å². The average molecular weight is 317 g/mol. The van der Waals surface area contributed by atoms with Crippen LogP contribution in [0.3, 0.4) is 0 Å². The maximum absolute atomic E-state index is 11.2. The largest absolute Gasteiger partial charge is 0.301 e. The van der Waals surface area contributed by atoms with Crippen molar-refractivity contribution in [1.82, 2.24) is 9.97 Å². The molecule has 0 aliphatic carbocycles. The number of thioether (sulfide) groups is 1. The molecular formula is C10H9BrN2OS2. The normalized spacial score (nSPS) is 10.6. The minimum atomic E-state index is -0.0970. The summed E-state index contributed by atoms with van der Waals surface area (Å²) in [6.07, 6.45) is 0. The highest BCUT2D eigenvalue weighted by molar-refractivity contribution is 9.10. The molecule has 0 spiro atoms. The van der Waals surface area contributed by atoms with E-state index in [9.17, 15) is 4.79 Å². The number of H-pyrrole nitrogens is 1. The Hall–Kier alpha value is -0.590. The van der Waals surface area contributed by atoms with Crippen LogP contribution in [0.4, 0.5) is 0 Å². The minimum absolute atomic E-state index is 0.0970. The maximum Gasteiger partial charge on any atom is 0.251 e. The van der Waals surface area contributed by atoms with Crippen molar-refractivity contribution in [1.29, 1.82) is 0 Å². The van der Waals surface area contributed by atoms with E-state index in [2.05, 4.69) is 25.9 Å². The Balaban J connectivity index is 2.10. The third-order valence-corrected chi connectivity index (χ3v) is 4.89. The van der Waals surface area contributed by atoms with Crippen molar-refractivity contribution in [3.63, 3.8) is 0 Å². The van der Waals surface area contributed by atoms with Gasteiger partial charge in [-0.05, 0) is 34.3 Å². The lowest BCUT2D eigenvalue weighted by Gasteiger charge is -2.00. The topological polar surface area (TPSA) is 45.8 Å². The number of aryl methyl sites for hydroxylation is 1. The first-order chi connectivity index (χ1) is 7.65. The van der Waals surface area contributed by atoms with Crippen LogP contribution in [0.15, 0.2) is 31.9 Å². The van der Waals surface area contributed by atoms with Gasteiger partial charge in [0.25, 0.3) is 5.56 Å².